The lowest BCUT2D eigenvalue weighted by atomic mass is 9.89. The van der Waals surface area contributed by atoms with Crippen LogP contribution in [0.25, 0.3) is 0 Å². The van der Waals surface area contributed by atoms with Crippen LogP contribution in [0.3, 0.4) is 0 Å². The second-order valence-electron chi connectivity index (χ2n) is 18.0. The number of phosphoric ester groups is 1. The zero-order valence-corrected chi connectivity index (χ0v) is 39.7. The fourth-order valence-electron chi connectivity index (χ4n) is 7.80. The summed E-state index contributed by atoms with van der Waals surface area (Å²) in [6, 6.07) is 0. The van der Waals surface area contributed by atoms with Gasteiger partial charge in [-0.15, -0.1) is 0 Å². The molecule has 0 aromatic carbocycles. The minimum Gasteiger partial charge on any atom is -0.461 e. The number of esters is 2. The van der Waals surface area contributed by atoms with Gasteiger partial charge in [0, 0.05) is 18.8 Å². The lowest BCUT2D eigenvalue weighted by Crippen LogP contribution is -2.29. The van der Waals surface area contributed by atoms with Gasteiger partial charge in [0.1, 0.15) is 12.7 Å². The normalized spacial score (nSPS) is 20.5. The van der Waals surface area contributed by atoms with E-state index in [9.17, 15) is 39.5 Å². The van der Waals surface area contributed by atoms with Crippen molar-refractivity contribution < 1.29 is 63.1 Å². The minimum atomic E-state index is -4.70. The Morgan fingerprint density at radius 2 is 1.23 bits per heavy atom. The van der Waals surface area contributed by atoms with Crippen LogP contribution in [0.5, 0.6) is 0 Å². The van der Waals surface area contributed by atoms with Crippen molar-refractivity contribution in [3.63, 3.8) is 0 Å². The van der Waals surface area contributed by atoms with Crippen LogP contribution in [0.2, 0.25) is 0 Å². The van der Waals surface area contributed by atoms with E-state index in [1.54, 1.807) is 24.3 Å². The first-order valence-corrected chi connectivity index (χ1v) is 25.9. The van der Waals surface area contributed by atoms with Gasteiger partial charge in [0.05, 0.1) is 44.6 Å². The first-order chi connectivity index (χ1) is 29.8. The van der Waals surface area contributed by atoms with Crippen molar-refractivity contribution in [3.8, 4) is 0 Å². The average molecular weight is 905 g/mol. The molecule has 0 heterocycles. The molecule has 1 rings (SSSR count). The molecule has 1 aliphatic rings. The van der Waals surface area contributed by atoms with Crippen LogP contribution >= 0.6 is 7.82 Å². The summed E-state index contributed by atoms with van der Waals surface area (Å²) in [6.45, 7) is 4.28. The van der Waals surface area contributed by atoms with Gasteiger partial charge in [-0.1, -0.05) is 180 Å². The van der Waals surface area contributed by atoms with Gasteiger partial charge in [-0.05, 0) is 31.1 Å². The molecular formula is C48H89O13P. The molecule has 1 saturated carbocycles. The number of hydrogen-bond acceptors (Lipinski definition) is 12. The van der Waals surface area contributed by atoms with E-state index in [1.807, 2.05) is 0 Å². The number of carbonyl (C=O) groups is 2. The van der Waals surface area contributed by atoms with Crippen molar-refractivity contribution >= 4 is 19.8 Å². The van der Waals surface area contributed by atoms with E-state index in [1.165, 1.54) is 96.3 Å². The van der Waals surface area contributed by atoms with Gasteiger partial charge in [0.2, 0.25) is 0 Å². The Labute approximate surface area is 375 Å². The highest BCUT2D eigenvalue weighted by molar-refractivity contribution is 7.47. The summed E-state index contributed by atoms with van der Waals surface area (Å²) in [5, 5.41) is 49.8. The molecule has 1 unspecified atom stereocenters. The summed E-state index contributed by atoms with van der Waals surface area (Å²) in [5.41, 5.74) is 0. The van der Waals surface area contributed by atoms with Gasteiger partial charge in [-0.3, -0.25) is 18.6 Å². The Kier molecular flexibility index (Phi) is 35.3. The van der Waals surface area contributed by atoms with Gasteiger partial charge in [0.25, 0.3) is 0 Å². The summed E-state index contributed by atoms with van der Waals surface area (Å²) >= 11 is 0. The number of rotatable bonds is 41. The lowest BCUT2D eigenvalue weighted by molar-refractivity contribution is -0.160. The predicted octanol–water partition coefficient (Wildman–Crippen LogP) is 9.58. The minimum absolute atomic E-state index is 0.122. The summed E-state index contributed by atoms with van der Waals surface area (Å²) in [4.78, 5) is 35.4. The number of ether oxygens (including phenoxy) is 2. The Morgan fingerprint density at radius 1 is 0.694 bits per heavy atom. The molecule has 62 heavy (non-hydrogen) atoms. The summed E-state index contributed by atoms with van der Waals surface area (Å²) in [7, 11) is -4.70. The van der Waals surface area contributed by atoms with Crippen molar-refractivity contribution in [2.24, 2.45) is 17.8 Å². The second-order valence-corrected chi connectivity index (χ2v) is 19.4. The lowest BCUT2D eigenvalue weighted by Gasteiger charge is -2.20. The van der Waals surface area contributed by atoms with Crippen molar-refractivity contribution in [3.05, 3.63) is 24.3 Å². The molecule has 8 atom stereocenters. The number of allylic oxidation sites excluding steroid dienone is 1. The van der Waals surface area contributed by atoms with E-state index < -0.39 is 76.7 Å². The molecule has 1 fully saturated rings. The van der Waals surface area contributed by atoms with Crippen LogP contribution in [0, 0.1) is 17.8 Å². The average Bonchev–Trinajstić information content (AvgIpc) is 3.51. The predicted molar refractivity (Wildman–Crippen MR) is 244 cm³/mol. The molecule has 0 aromatic rings. The Morgan fingerprint density at radius 3 is 1.77 bits per heavy atom. The molecule has 364 valence electrons. The van der Waals surface area contributed by atoms with E-state index >= 15 is 0 Å². The highest BCUT2D eigenvalue weighted by Gasteiger charge is 2.39. The van der Waals surface area contributed by atoms with Crippen LogP contribution in [0.15, 0.2) is 24.3 Å². The summed E-state index contributed by atoms with van der Waals surface area (Å²) < 4.78 is 32.8. The molecule has 13 nitrogen and oxygen atoms in total. The van der Waals surface area contributed by atoms with Crippen LogP contribution in [-0.2, 0) is 32.7 Å². The fourth-order valence-corrected chi connectivity index (χ4v) is 8.59. The number of hydrogen-bond donors (Lipinski definition) is 6. The smallest absolute Gasteiger partial charge is 0.461 e. The van der Waals surface area contributed by atoms with E-state index in [2.05, 4.69) is 25.3 Å². The SMILES string of the molecule is CCCCC[C@@H](O)/C=C/[C@@H]1[C@H](C/C=C\CC(=O)OC[C@H](COP(=O)(O)OC[C@@H](O)CO)OC(=O)CCCCCCCCCCCCCCCCCCCCC(C)C)[C@@H](O)C[C@H]1O. The standard InChI is InChI=1S/C48H89O13P/c1-4-5-22-28-40(50)32-33-44-43(45(52)34-46(44)53)29-25-26-30-47(54)58-37-42(38-60-62(56,57)59-36-41(51)35-49)61-48(55)31-24-21-19-17-15-13-11-9-7-6-8-10-12-14-16-18-20-23-27-39(2)3/h25-26,32-33,39-46,49-53H,4-24,27-31,34-38H2,1-3H3,(H,56,57)/b26-25-,33-32+/t40-,41+,42-,43+,44-,45+,46-/m1/s1. The quantitative estimate of drug-likeness (QED) is 0.0146. The van der Waals surface area contributed by atoms with Crippen LogP contribution < -0.4 is 0 Å². The van der Waals surface area contributed by atoms with Crippen molar-refractivity contribution in [2.75, 3.05) is 26.4 Å². The van der Waals surface area contributed by atoms with Gasteiger partial charge >= 0.3 is 19.8 Å². The third-order valence-corrected chi connectivity index (χ3v) is 12.6. The third kappa shape index (κ3) is 32.1. The number of aliphatic hydroxyl groups is 5. The van der Waals surface area contributed by atoms with Gasteiger partial charge in [-0.2, -0.15) is 0 Å². The van der Waals surface area contributed by atoms with E-state index in [-0.39, 0.29) is 31.1 Å². The monoisotopic (exact) mass is 905 g/mol. The Bertz CT molecular complexity index is 1210. The topological polar surface area (TPSA) is 210 Å². The molecule has 0 aliphatic heterocycles. The molecular weight excluding hydrogens is 815 g/mol. The molecule has 0 aromatic heterocycles. The number of carbonyl (C=O) groups excluding carboxylic acids is 2. The number of unbranched alkanes of at least 4 members (excludes halogenated alkanes) is 19. The Balaban J connectivity index is 2.39. The van der Waals surface area contributed by atoms with Crippen LogP contribution in [0.4, 0.5) is 0 Å². The van der Waals surface area contributed by atoms with Gasteiger partial charge in [-0.25, -0.2) is 4.57 Å². The van der Waals surface area contributed by atoms with Crippen LogP contribution in [-0.4, -0.2) is 99.3 Å². The highest BCUT2D eigenvalue weighted by Crippen LogP contribution is 2.43. The first-order valence-electron chi connectivity index (χ1n) is 24.4. The van der Waals surface area contributed by atoms with E-state index in [0.29, 0.717) is 19.3 Å². The van der Waals surface area contributed by atoms with Crippen LogP contribution in [0.1, 0.15) is 194 Å². The molecule has 1 aliphatic carbocycles. The fraction of sp³-hybridized carbons (Fsp3) is 0.875. The molecule has 0 radical (unpaired) electrons. The molecule has 0 saturated heterocycles. The molecule has 6 N–H and O–H groups in total. The zero-order valence-electron chi connectivity index (χ0n) is 38.8. The first kappa shape index (κ1) is 58.3. The molecule has 0 spiro atoms. The maximum absolute atomic E-state index is 12.7. The largest absolute Gasteiger partial charge is 0.472 e. The number of aliphatic hydroxyl groups excluding tert-OH is 5. The maximum Gasteiger partial charge on any atom is 0.472 e. The molecule has 0 bridgehead atoms. The summed E-state index contributed by atoms with van der Waals surface area (Å²) in [5.74, 6) is -1.03. The van der Waals surface area contributed by atoms with Gasteiger partial charge < -0.3 is 39.9 Å². The van der Waals surface area contributed by atoms with Crippen molar-refractivity contribution in [1.29, 1.82) is 0 Å². The van der Waals surface area contributed by atoms with Crippen molar-refractivity contribution in [1.82, 2.24) is 0 Å². The van der Waals surface area contributed by atoms with E-state index in [0.717, 1.165) is 44.4 Å². The van der Waals surface area contributed by atoms with E-state index in [4.69, 9.17) is 19.1 Å². The number of phosphoric acid groups is 1. The molecule has 0 amide bonds. The zero-order chi connectivity index (χ0) is 45.9. The third-order valence-electron chi connectivity index (χ3n) is 11.6. The van der Waals surface area contributed by atoms with Crippen molar-refractivity contribution in [2.45, 2.75) is 225 Å². The Hall–Kier alpha value is -1.67. The summed E-state index contributed by atoms with van der Waals surface area (Å²) in [6.07, 6.45) is 29.9. The maximum atomic E-state index is 12.7. The molecule has 14 heteroatoms. The second kappa shape index (κ2) is 37.5. The van der Waals surface area contributed by atoms with Gasteiger partial charge in [0.15, 0.2) is 6.10 Å². The highest BCUT2D eigenvalue weighted by atomic mass is 31.2.